The van der Waals surface area contributed by atoms with Crippen molar-refractivity contribution in [2.24, 2.45) is 0 Å². The molecule has 0 aromatic carbocycles. The second kappa shape index (κ2) is 5.07. The highest BCUT2D eigenvalue weighted by Gasteiger charge is 2.33. The molecule has 0 aromatic heterocycles. The molecule has 0 unspecified atom stereocenters. The lowest BCUT2D eigenvalue weighted by Gasteiger charge is -2.00. The minimum atomic E-state index is -4.91. The zero-order chi connectivity index (χ0) is 13.0. The van der Waals surface area contributed by atoms with Crippen LogP contribution in [0.2, 0.25) is 0 Å². The summed E-state index contributed by atoms with van der Waals surface area (Å²) in [4.78, 5) is 20.1. The second-order valence-electron chi connectivity index (χ2n) is 2.53. The summed E-state index contributed by atoms with van der Waals surface area (Å²) in [6.07, 6.45) is -2.46. The molecule has 0 fully saturated rings. The van der Waals surface area contributed by atoms with Gasteiger partial charge in [0.05, 0.1) is 0 Å². The highest BCUT2D eigenvalue weighted by atomic mass is 32.2. The van der Waals surface area contributed by atoms with Gasteiger partial charge >= 0.3 is 6.18 Å². The molecule has 1 heterocycles. The van der Waals surface area contributed by atoms with Gasteiger partial charge in [0.2, 0.25) is 0 Å². The molecule has 0 saturated carbocycles. The minimum absolute atomic E-state index is 0.329. The van der Waals surface area contributed by atoms with Gasteiger partial charge in [-0.1, -0.05) is 0 Å². The van der Waals surface area contributed by atoms with Crippen LogP contribution in [0.15, 0.2) is 12.2 Å². The molecule has 1 aliphatic rings. The molecule has 2 amide bonds. The third-order valence-electron chi connectivity index (χ3n) is 0.979. The van der Waals surface area contributed by atoms with Gasteiger partial charge in [-0.15, -0.1) is 0 Å². The molecule has 1 rings (SSSR count). The van der Waals surface area contributed by atoms with Crippen molar-refractivity contribution in [3.05, 3.63) is 12.2 Å². The Balaban J connectivity index is 0.000000288. The van der Waals surface area contributed by atoms with E-state index in [-0.39, 0.29) is 11.8 Å². The summed E-state index contributed by atoms with van der Waals surface area (Å²) in [5.74, 6) is -2.84. The summed E-state index contributed by atoms with van der Waals surface area (Å²) < 4.78 is 59.6. The van der Waals surface area contributed by atoms with E-state index in [9.17, 15) is 31.2 Å². The third kappa shape index (κ3) is 9.15. The van der Waals surface area contributed by atoms with Crippen molar-refractivity contribution in [3.63, 3.8) is 0 Å². The molecule has 0 bridgehead atoms. The number of carbonyl (C=O) groups excluding carboxylic acids is 2. The zero-order valence-electron chi connectivity index (χ0n) is 7.48. The van der Waals surface area contributed by atoms with Gasteiger partial charge in [-0.25, -0.2) is 0 Å². The van der Waals surface area contributed by atoms with E-state index in [4.69, 9.17) is 4.55 Å². The first-order valence-corrected chi connectivity index (χ1v) is 5.15. The van der Waals surface area contributed by atoms with E-state index in [1.807, 2.05) is 5.32 Å². The topological polar surface area (TPSA) is 101 Å². The largest absolute Gasteiger partial charge is 0.405 e. The van der Waals surface area contributed by atoms with Gasteiger partial charge < -0.3 is 0 Å². The molecule has 0 saturated heterocycles. The van der Waals surface area contributed by atoms with Crippen molar-refractivity contribution < 1.29 is 35.7 Å². The van der Waals surface area contributed by atoms with Gasteiger partial charge in [-0.3, -0.25) is 19.5 Å². The summed E-state index contributed by atoms with van der Waals surface area (Å²) in [5, 5.41) is 2.03. The van der Waals surface area contributed by atoms with Crippen LogP contribution in [0, 0.1) is 0 Å². The third-order valence-corrected chi connectivity index (χ3v) is 1.67. The Hall–Kier alpha value is -1.42. The maximum atomic E-state index is 11.0. The van der Waals surface area contributed by atoms with Crippen LogP contribution < -0.4 is 5.32 Å². The number of hydrogen-bond donors (Lipinski definition) is 2. The SMILES string of the molecule is O=C1C=CC(=O)N1.O=S(=O)(O)CC(F)(F)F. The number of imide groups is 1. The number of alkyl halides is 3. The summed E-state index contributed by atoms with van der Waals surface area (Å²) in [7, 11) is -4.91. The molecular weight excluding hydrogens is 255 g/mol. The first-order valence-electron chi connectivity index (χ1n) is 3.54. The number of nitrogens with one attached hydrogen (secondary N) is 1. The van der Waals surface area contributed by atoms with Crippen LogP contribution in [0.5, 0.6) is 0 Å². The molecule has 0 aromatic rings. The van der Waals surface area contributed by atoms with Crippen molar-refractivity contribution >= 4 is 21.9 Å². The average Bonchev–Trinajstić information content (AvgIpc) is 2.26. The standard InChI is InChI=1S/C4H3NO2.C2H3F3O3S/c6-3-1-2-4(7)5-3;3-2(4,5)1-9(6,7)8/h1-2H,(H,5,6,7);1H2,(H,6,7,8). The Kier molecular flexibility index (Phi) is 4.62. The molecule has 0 atom stereocenters. The molecule has 10 heteroatoms. The maximum absolute atomic E-state index is 11.0. The average molecular weight is 261 g/mol. The fraction of sp³-hybridized carbons (Fsp3) is 0.333. The van der Waals surface area contributed by atoms with Crippen LogP contribution in [-0.4, -0.2) is 36.7 Å². The van der Waals surface area contributed by atoms with Crippen molar-refractivity contribution in [2.75, 3.05) is 5.75 Å². The van der Waals surface area contributed by atoms with E-state index in [2.05, 4.69) is 0 Å². The Labute approximate surface area is 87.9 Å². The first-order chi connectivity index (χ1) is 6.99. The molecular formula is C6H6F3NO5S. The van der Waals surface area contributed by atoms with Gasteiger partial charge in [0.1, 0.15) is 0 Å². The number of amides is 2. The van der Waals surface area contributed by atoms with Gasteiger partial charge in [-0.2, -0.15) is 21.6 Å². The van der Waals surface area contributed by atoms with Gasteiger partial charge in [0.15, 0.2) is 5.75 Å². The summed E-state index contributed by atoms with van der Waals surface area (Å²) in [5.41, 5.74) is 0. The number of carbonyl (C=O) groups is 2. The predicted molar refractivity (Wildman–Crippen MR) is 44.8 cm³/mol. The van der Waals surface area contributed by atoms with Gasteiger partial charge in [-0.05, 0) is 0 Å². The zero-order valence-corrected chi connectivity index (χ0v) is 8.30. The van der Waals surface area contributed by atoms with Crippen LogP contribution in [0.25, 0.3) is 0 Å². The number of hydrogen-bond acceptors (Lipinski definition) is 4. The quantitative estimate of drug-likeness (QED) is 0.495. The molecule has 0 spiro atoms. The Morgan fingerprint density at radius 3 is 1.62 bits per heavy atom. The normalized spacial score (nSPS) is 15.5. The first kappa shape index (κ1) is 14.6. The highest BCUT2D eigenvalue weighted by Crippen LogP contribution is 2.15. The maximum Gasteiger partial charge on any atom is 0.405 e. The van der Waals surface area contributed by atoms with Gasteiger partial charge in [0, 0.05) is 12.2 Å². The van der Waals surface area contributed by atoms with Crippen LogP contribution in [0.3, 0.4) is 0 Å². The van der Waals surface area contributed by atoms with Crippen LogP contribution in [0.4, 0.5) is 13.2 Å². The summed E-state index contributed by atoms with van der Waals surface area (Å²) in [6, 6.07) is 0. The fourth-order valence-corrected chi connectivity index (χ4v) is 0.977. The van der Waals surface area contributed by atoms with Crippen molar-refractivity contribution in [1.82, 2.24) is 5.32 Å². The lowest BCUT2D eigenvalue weighted by atomic mass is 10.6. The van der Waals surface area contributed by atoms with E-state index >= 15 is 0 Å². The smallest absolute Gasteiger partial charge is 0.289 e. The molecule has 6 nitrogen and oxygen atoms in total. The predicted octanol–water partition coefficient (Wildman–Crippen LogP) is -0.365. The summed E-state index contributed by atoms with van der Waals surface area (Å²) >= 11 is 0. The van der Waals surface area contributed by atoms with Crippen LogP contribution in [-0.2, 0) is 19.7 Å². The van der Waals surface area contributed by atoms with Crippen molar-refractivity contribution in [3.8, 4) is 0 Å². The molecule has 2 N–H and O–H groups in total. The minimum Gasteiger partial charge on any atom is -0.289 e. The summed E-state index contributed by atoms with van der Waals surface area (Å²) in [6.45, 7) is 0. The van der Waals surface area contributed by atoms with Crippen molar-refractivity contribution in [1.29, 1.82) is 0 Å². The van der Waals surface area contributed by atoms with Crippen molar-refractivity contribution in [2.45, 2.75) is 6.18 Å². The molecule has 16 heavy (non-hydrogen) atoms. The van der Waals surface area contributed by atoms with Gasteiger partial charge in [0.25, 0.3) is 21.9 Å². The highest BCUT2D eigenvalue weighted by molar-refractivity contribution is 7.85. The van der Waals surface area contributed by atoms with E-state index < -0.39 is 22.0 Å². The molecule has 0 aliphatic carbocycles. The van der Waals surface area contributed by atoms with Crippen LogP contribution in [0.1, 0.15) is 0 Å². The lowest BCUT2D eigenvalue weighted by Crippen LogP contribution is -2.21. The number of rotatable bonds is 1. The second-order valence-corrected chi connectivity index (χ2v) is 3.98. The van der Waals surface area contributed by atoms with Crippen LogP contribution >= 0.6 is 0 Å². The molecule has 92 valence electrons. The molecule has 1 aliphatic heterocycles. The Morgan fingerprint density at radius 1 is 1.19 bits per heavy atom. The van der Waals surface area contributed by atoms with E-state index in [0.29, 0.717) is 0 Å². The fourth-order valence-electron chi connectivity index (χ4n) is 0.563. The van der Waals surface area contributed by atoms with E-state index in [1.165, 1.54) is 12.2 Å². The van der Waals surface area contributed by atoms with E-state index in [1.54, 1.807) is 0 Å². The Bertz CT molecular complexity index is 394. The monoisotopic (exact) mass is 261 g/mol. The number of halogens is 3. The van der Waals surface area contributed by atoms with E-state index in [0.717, 1.165) is 0 Å². The molecule has 0 radical (unpaired) electrons. The lowest BCUT2D eigenvalue weighted by molar-refractivity contribution is -0.123. The Morgan fingerprint density at radius 2 is 1.56 bits per heavy atom.